The van der Waals surface area contributed by atoms with Gasteiger partial charge in [0.15, 0.2) is 0 Å². The number of urea groups is 1. The maximum absolute atomic E-state index is 11.0. The fourth-order valence-corrected chi connectivity index (χ4v) is 2.22. The lowest BCUT2D eigenvalue weighted by Crippen LogP contribution is -2.19. The summed E-state index contributed by atoms with van der Waals surface area (Å²) in [7, 11) is 0. The van der Waals surface area contributed by atoms with Crippen molar-refractivity contribution in [2.45, 2.75) is 6.92 Å². The van der Waals surface area contributed by atoms with Crippen molar-refractivity contribution < 1.29 is 4.79 Å². The molecule has 1 aromatic heterocycles. The first kappa shape index (κ1) is 20.1. The van der Waals surface area contributed by atoms with Gasteiger partial charge >= 0.3 is 6.03 Å². The average molecular weight is 375 g/mol. The maximum Gasteiger partial charge on any atom is 0.316 e. The van der Waals surface area contributed by atoms with Crippen LogP contribution in [0, 0.1) is 11.8 Å². The zero-order valence-corrected chi connectivity index (χ0v) is 15.4. The van der Waals surface area contributed by atoms with Crippen LogP contribution in [0.1, 0.15) is 18.1 Å². The summed E-state index contributed by atoms with van der Waals surface area (Å²) in [5.41, 5.74) is 25.7. The standard InChI is InChI=1S/C20H21N7O/c1-12(21)17(9-3-14-4-10-18(23)25-11-14)19(26-13(2)22)15-5-7-16(8-6-15)27-20(24)28/h4-8,10-11H,2,21-22H2,1H3,(H2,23,25)(H3,24,27,28)/b17-12-,26-19-. The van der Waals surface area contributed by atoms with Gasteiger partial charge in [0.25, 0.3) is 0 Å². The number of hydrogen-bond donors (Lipinski definition) is 5. The quantitative estimate of drug-likeness (QED) is 0.405. The van der Waals surface area contributed by atoms with Crippen LogP contribution in [0.3, 0.4) is 0 Å². The van der Waals surface area contributed by atoms with Crippen molar-refractivity contribution in [1.29, 1.82) is 0 Å². The number of nitrogen functional groups attached to an aromatic ring is 1. The molecule has 8 heteroatoms. The van der Waals surface area contributed by atoms with Crippen molar-refractivity contribution in [3.05, 3.63) is 77.4 Å². The van der Waals surface area contributed by atoms with Crippen molar-refractivity contribution in [2.24, 2.45) is 22.2 Å². The highest BCUT2D eigenvalue weighted by Crippen LogP contribution is 2.16. The highest BCUT2D eigenvalue weighted by Gasteiger charge is 2.12. The van der Waals surface area contributed by atoms with E-state index in [0.717, 1.165) is 0 Å². The molecule has 8 nitrogen and oxygen atoms in total. The summed E-state index contributed by atoms with van der Waals surface area (Å²) < 4.78 is 0. The van der Waals surface area contributed by atoms with Gasteiger partial charge in [0, 0.05) is 28.7 Å². The molecular formula is C20H21N7O. The van der Waals surface area contributed by atoms with E-state index in [0.29, 0.717) is 39.6 Å². The highest BCUT2D eigenvalue weighted by molar-refractivity contribution is 6.16. The summed E-state index contributed by atoms with van der Waals surface area (Å²) in [6.07, 6.45) is 1.56. The fourth-order valence-electron chi connectivity index (χ4n) is 2.22. The molecule has 28 heavy (non-hydrogen) atoms. The Morgan fingerprint density at radius 3 is 2.32 bits per heavy atom. The van der Waals surface area contributed by atoms with Crippen molar-refractivity contribution in [1.82, 2.24) is 4.98 Å². The summed E-state index contributed by atoms with van der Waals surface area (Å²) in [6, 6.07) is 9.58. The number of carbonyl (C=O) groups excluding carboxylic acids is 1. The molecule has 9 N–H and O–H groups in total. The number of aromatic nitrogens is 1. The molecular weight excluding hydrogens is 354 g/mol. The maximum atomic E-state index is 11.0. The molecule has 0 saturated heterocycles. The molecule has 0 saturated carbocycles. The van der Waals surface area contributed by atoms with E-state index in [-0.39, 0.29) is 5.82 Å². The predicted molar refractivity (Wildman–Crippen MR) is 112 cm³/mol. The van der Waals surface area contributed by atoms with Crippen LogP contribution in [-0.2, 0) is 0 Å². The van der Waals surface area contributed by atoms with Crippen LogP contribution in [0.4, 0.5) is 16.3 Å². The number of benzene rings is 1. The van der Waals surface area contributed by atoms with Gasteiger partial charge in [-0.1, -0.05) is 30.6 Å². The van der Waals surface area contributed by atoms with Crippen molar-refractivity contribution in [3.63, 3.8) is 0 Å². The van der Waals surface area contributed by atoms with Gasteiger partial charge in [-0.25, -0.2) is 14.8 Å². The van der Waals surface area contributed by atoms with Crippen LogP contribution in [-0.4, -0.2) is 16.7 Å². The molecule has 0 spiro atoms. The molecule has 2 rings (SSSR count). The van der Waals surface area contributed by atoms with E-state index < -0.39 is 6.03 Å². The molecule has 1 aromatic carbocycles. The topological polar surface area (TPSA) is 158 Å². The van der Waals surface area contributed by atoms with Crippen LogP contribution < -0.4 is 28.3 Å². The highest BCUT2D eigenvalue weighted by atomic mass is 16.2. The molecule has 0 atom stereocenters. The van der Waals surface area contributed by atoms with Crippen LogP contribution in [0.25, 0.3) is 0 Å². The van der Waals surface area contributed by atoms with Gasteiger partial charge in [0.2, 0.25) is 0 Å². The second-order valence-corrected chi connectivity index (χ2v) is 5.80. The largest absolute Gasteiger partial charge is 0.401 e. The number of anilines is 2. The second kappa shape index (κ2) is 8.91. The number of aliphatic imine (C=N–C) groups is 1. The van der Waals surface area contributed by atoms with E-state index in [1.54, 1.807) is 49.5 Å². The number of allylic oxidation sites excluding steroid dienone is 2. The van der Waals surface area contributed by atoms with Crippen LogP contribution >= 0.6 is 0 Å². The molecule has 142 valence electrons. The number of rotatable bonds is 4. The number of hydrogen-bond acceptors (Lipinski definition) is 6. The van der Waals surface area contributed by atoms with Crippen molar-refractivity contribution in [2.75, 3.05) is 11.1 Å². The summed E-state index contributed by atoms with van der Waals surface area (Å²) in [5, 5.41) is 2.49. The number of pyridine rings is 1. The minimum atomic E-state index is -0.654. The monoisotopic (exact) mass is 375 g/mol. The molecule has 0 aliphatic rings. The molecule has 1 heterocycles. The average Bonchev–Trinajstić information content (AvgIpc) is 2.62. The third-order valence-corrected chi connectivity index (χ3v) is 3.43. The Labute approximate surface area is 163 Å². The summed E-state index contributed by atoms with van der Waals surface area (Å²) >= 11 is 0. The lowest BCUT2D eigenvalue weighted by molar-refractivity contribution is 0.259. The van der Waals surface area contributed by atoms with Gasteiger partial charge in [0.1, 0.15) is 11.6 Å². The number of carbonyl (C=O) groups is 1. The Hall–Kier alpha value is -4.25. The summed E-state index contributed by atoms with van der Waals surface area (Å²) in [6.45, 7) is 5.34. The molecule has 2 aromatic rings. The molecule has 0 bridgehead atoms. The van der Waals surface area contributed by atoms with Gasteiger partial charge in [-0.15, -0.1) is 0 Å². The summed E-state index contributed by atoms with van der Waals surface area (Å²) in [4.78, 5) is 19.3. The van der Waals surface area contributed by atoms with Crippen LogP contribution in [0.15, 0.2) is 71.3 Å². The Kier molecular flexibility index (Phi) is 6.39. The van der Waals surface area contributed by atoms with E-state index in [2.05, 4.69) is 33.7 Å². The van der Waals surface area contributed by atoms with Crippen molar-refractivity contribution >= 4 is 23.2 Å². The normalized spacial score (nSPS) is 11.7. The zero-order chi connectivity index (χ0) is 20.7. The van der Waals surface area contributed by atoms with Gasteiger partial charge in [0.05, 0.1) is 11.3 Å². The van der Waals surface area contributed by atoms with E-state index in [9.17, 15) is 4.79 Å². The third-order valence-electron chi connectivity index (χ3n) is 3.43. The molecule has 0 unspecified atom stereocenters. The molecule has 0 fully saturated rings. The van der Waals surface area contributed by atoms with Crippen LogP contribution in [0.5, 0.6) is 0 Å². The Morgan fingerprint density at radius 2 is 1.82 bits per heavy atom. The minimum Gasteiger partial charge on any atom is -0.401 e. The van der Waals surface area contributed by atoms with Gasteiger partial charge in [-0.05, 0) is 31.2 Å². The SMILES string of the molecule is C=C(N)/N=C(\C(C#Cc1ccc(N)nc1)=C(\C)N)c1ccc(NC(N)=O)cc1. The smallest absolute Gasteiger partial charge is 0.316 e. The lowest BCUT2D eigenvalue weighted by Gasteiger charge is -2.10. The molecule has 0 aliphatic carbocycles. The Morgan fingerprint density at radius 1 is 1.14 bits per heavy atom. The minimum absolute atomic E-state index is 0.101. The Bertz CT molecular complexity index is 1000. The number of amides is 2. The number of nitrogens with two attached hydrogens (primary N) is 4. The van der Waals surface area contributed by atoms with Gasteiger partial charge in [-0.3, -0.25) is 0 Å². The number of nitrogens with one attached hydrogen (secondary N) is 1. The lowest BCUT2D eigenvalue weighted by atomic mass is 10.00. The van der Waals surface area contributed by atoms with E-state index in [4.69, 9.17) is 22.9 Å². The first-order valence-electron chi connectivity index (χ1n) is 8.16. The van der Waals surface area contributed by atoms with Crippen LogP contribution in [0.2, 0.25) is 0 Å². The first-order valence-corrected chi connectivity index (χ1v) is 8.16. The van der Waals surface area contributed by atoms with E-state index >= 15 is 0 Å². The number of nitrogens with zero attached hydrogens (tertiary/aromatic N) is 2. The van der Waals surface area contributed by atoms with E-state index in [1.807, 2.05) is 0 Å². The predicted octanol–water partition coefficient (Wildman–Crippen LogP) is 1.66. The fraction of sp³-hybridized carbons (Fsp3) is 0.0500. The zero-order valence-electron chi connectivity index (χ0n) is 15.4. The molecule has 2 amide bonds. The summed E-state index contributed by atoms with van der Waals surface area (Å²) in [5.74, 6) is 6.50. The number of primary amides is 1. The molecule has 0 radical (unpaired) electrons. The second-order valence-electron chi connectivity index (χ2n) is 5.80. The first-order chi connectivity index (χ1) is 13.3. The van der Waals surface area contributed by atoms with Gasteiger partial charge < -0.3 is 28.3 Å². The molecule has 0 aliphatic heterocycles. The van der Waals surface area contributed by atoms with Gasteiger partial charge in [-0.2, -0.15) is 0 Å². The van der Waals surface area contributed by atoms with E-state index in [1.165, 1.54) is 0 Å². The Balaban J connectivity index is 2.47. The van der Waals surface area contributed by atoms with Crippen molar-refractivity contribution in [3.8, 4) is 11.8 Å². The third kappa shape index (κ3) is 5.64.